The summed E-state index contributed by atoms with van der Waals surface area (Å²) in [4.78, 5) is 17.5. The normalized spacial score (nSPS) is 12.8. The van der Waals surface area contributed by atoms with Crippen LogP contribution >= 0.6 is 11.8 Å². The second-order valence-corrected chi connectivity index (χ2v) is 7.40. The number of fused-ring (bicyclic) bond motifs is 2. The highest BCUT2D eigenvalue weighted by atomic mass is 32.2. The van der Waals surface area contributed by atoms with Crippen LogP contribution in [0.15, 0.2) is 47.5 Å². The molecule has 0 amide bonds. The Bertz CT molecular complexity index is 1030. The molecule has 5 nitrogen and oxygen atoms in total. The Labute approximate surface area is 168 Å². The second kappa shape index (κ2) is 8.10. The third-order valence-electron chi connectivity index (χ3n) is 4.65. The van der Waals surface area contributed by atoms with E-state index in [0.717, 1.165) is 33.7 Å². The number of rotatable bonds is 6. The number of aryl methyl sites for hydroxylation is 1. The minimum absolute atomic E-state index is 0.0423. The van der Waals surface area contributed by atoms with Crippen molar-refractivity contribution in [2.45, 2.75) is 18.4 Å². The van der Waals surface area contributed by atoms with Gasteiger partial charge in [-0.2, -0.15) is 0 Å². The van der Waals surface area contributed by atoms with Gasteiger partial charge in [0.1, 0.15) is 24.0 Å². The Kier molecular flexibility index (Phi) is 5.39. The summed E-state index contributed by atoms with van der Waals surface area (Å²) in [6.45, 7) is 3.14. The third-order valence-corrected chi connectivity index (χ3v) is 5.68. The Balaban J connectivity index is 1.53. The average molecular weight is 395 g/mol. The number of hydrogen-bond acceptors (Lipinski definition) is 6. The van der Waals surface area contributed by atoms with E-state index in [1.165, 1.54) is 11.8 Å². The van der Waals surface area contributed by atoms with E-state index in [0.29, 0.717) is 36.0 Å². The number of hydrogen-bond donors (Lipinski definition) is 0. The lowest BCUT2D eigenvalue weighted by atomic mass is 10.1. The number of thioether (sulfide) groups is 1. The zero-order chi connectivity index (χ0) is 19.5. The van der Waals surface area contributed by atoms with Crippen LogP contribution in [0.2, 0.25) is 0 Å². The summed E-state index contributed by atoms with van der Waals surface area (Å²) < 4.78 is 16.4. The fraction of sp³-hybridized carbons (Fsp3) is 0.273. The number of methoxy groups -OCH3 is 1. The van der Waals surface area contributed by atoms with Crippen LogP contribution in [-0.2, 0) is 6.42 Å². The lowest BCUT2D eigenvalue weighted by molar-refractivity contribution is 0.102. The molecule has 1 aliphatic heterocycles. The van der Waals surface area contributed by atoms with Crippen molar-refractivity contribution in [3.05, 3.63) is 53.6 Å². The van der Waals surface area contributed by atoms with Crippen molar-refractivity contribution in [1.82, 2.24) is 4.98 Å². The van der Waals surface area contributed by atoms with Crippen molar-refractivity contribution in [2.75, 3.05) is 26.1 Å². The molecule has 2 aromatic carbocycles. The van der Waals surface area contributed by atoms with Crippen LogP contribution in [-0.4, -0.2) is 36.8 Å². The van der Waals surface area contributed by atoms with Gasteiger partial charge in [0.15, 0.2) is 17.3 Å². The molecule has 6 heteroatoms. The number of nitrogens with zero attached hydrogens (tertiary/aromatic N) is 1. The van der Waals surface area contributed by atoms with Crippen molar-refractivity contribution >= 4 is 28.4 Å². The monoisotopic (exact) mass is 395 g/mol. The van der Waals surface area contributed by atoms with Crippen molar-refractivity contribution in [2.24, 2.45) is 0 Å². The first-order chi connectivity index (χ1) is 13.7. The second-order valence-electron chi connectivity index (χ2n) is 6.44. The van der Waals surface area contributed by atoms with Gasteiger partial charge in [0.25, 0.3) is 0 Å². The summed E-state index contributed by atoms with van der Waals surface area (Å²) >= 11 is 1.47. The Morgan fingerprint density at radius 1 is 1.11 bits per heavy atom. The molecule has 2 heterocycles. The molecule has 0 unspecified atom stereocenters. The molecule has 0 radical (unpaired) electrons. The van der Waals surface area contributed by atoms with Crippen LogP contribution in [0.1, 0.15) is 22.8 Å². The molecule has 0 atom stereocenters. The first-order valence-electron chi connectivity index (χ1n) is 9.21. The molecule has 1 aliphatic rings. The number of carbonyl (C=O) groups excluding carboxylic acids is 1. The molecule has 1 aromatic heterocycles. The number of Topliss-reactive ketones (excluding diaryl/α,β-unsaturated/α-hetero) is 1. The fourth-order valence-corrected chi connectivity index (χ4v) is 4.11. The molecule has 28 heavy (non-hydrogen) atoms. The van der Waals surface area contributed by atoms with Gasteiger partial charge in [0.05, 0.1) is 18.4 Å². The largest absolute Gasteiger partial charge is 0.497 e. The van der Waals surface area contributed by atoms with Gasteiger partial charge < -0.3 is 14.2 Å². The van der Waals surface area contributed by atoms with Gasteiger partial charge in [-0.1, -0.05) is 18.7 Å². The summed E-state index contributed by atoms with van der Waals surface area (Å²) in [6, 6.07) is 13.3. The van der Waals surface area contributed by atoms with Gasteiger partial charge in [0, 0.05) is 10.9 Å². The Morgan fingerprint density at radius 3 is 2.71 bits per heavy atom. The summed E-state index contributed by atoms with van der Waals surface area (Å²) in [5.41, 5.74) is 2.65. The van der Waals surface area contributed by atoms with Crippen LogP contribution < -0.4 is 14.2 Å². The molecule has 0 aliphatic carbocycles. The molecular weight excluding hydrogens is 374 g/mol. The molecule has 0 bridgehead atoms. The maximum absolute atomic E-state index is 12.7. The minimum Gasteiger partial charge on any atom is -0.497 e. The van der Waals surface area contributed by atoms with Gasteiger partial charge in [-0.25, -0.2) is 4.98 Å². The number of aromatic nitrogens is 1. The van der Waals surface area contributed by atoms with E-state index in [4.69, 9.17) is 19.2 Å². The topological polar surface area (TPSA) is 57.7 Å². The summed E-state index contributed by atoms with van der Waals surface area (Å²) in [5.74, 6) is 2.50. The van der Waals surface area contributed by atoms with Crippen molar-refractivity contribution < 1.29 is 19.0 Å². The van der Waals surface area contributed by atoms with Crippen molar-refractivity contribution in [3.63, 3.8) is 0 Å². The van der Waals surface area contributed by atoms with Gasteiger partial charge in [0.2, 0.25) is 0 Å². The lowest BCUT2D eigenvalue weighted by Gasteiger charge is -2.18. The minimum atomic E-state index is 0.0423. The molecule has 0 spiro atoms. The van der Waals surface area contributed by atoms with E-state index in [1.54, 1.807) is 25.3 Å². The van der Waals surface area contributed by atoms with Crippen LogP contribution in [0.3, 0.4) is 0 Å². The van der Waals surface area contributed by atoms with Crippen molar-refractivity contribution in [1.29, 1.82) is 0 Å². The maximum atomic E-state index is 12.7. The maximum Gasteiger partial charge on any atom is 0.173 e. The lowest BCUT2D eigenvalue weighted by Crippen LogP contribution is -2.16. The van der Waals surface area contributed by atoms with E-state index < -0.39 is 0 Å². The molecule has 0 saturated carbocycles. The number of carbonyl (C=O) groups is 1. The van der Waals surface area contributed by atoms with Crippen LogP contribution in [0.25, 0.3) is 10.9 Å². The van der Waals surface area contributed by atoms with Gasteiger partial charge in [-0.3, -0.25) is 4.79 Å². The number of pyridine rings is 1. The van der Waals surface area contributed by atoms with E-state index in [1.807, 2.05) is 18.2 Å². The average Bonchev–Trinajstić information content (AvgIpc) is 2.75. The summed E-state index contributed by atoms with van der Waals surface area (Å²) in [7, 11) is 1.66. The number of ketones is 1. The van der Waals surface area contributed by atoms with Gasteiger partial charge >= 0.3 is 0 Å². The molecule has 0 saturated heterocycles. The van der Waals surface area contributed by atoms with E-state index in [-0.39, 0.29) is 5.78 Å². The van der Waals surface area contributed by atoms with Crippen molar-refractivity contribution in [3.8, 4) is 17.2 Å². The van der Waals surface area contributed by atoms with Crippen LogP contribution in [0.4, 0.5) is 0 Å². The standard InChI is InChI=1S/C22H21NO4S/c1-3-14-10-16-11-17(25-2)5-6-18(16)23-22(14)28-13-19(24)15-4-7-20-21(12-15)27-9-8-26-20/h4-7,10-12H,3,8-9,13H2,1-2H3. The quantitative estimate of drug-likeness (QED) is 0.451. The van der Waals surface area contributed by atoms with E-state index in [9.17, 15) is 4.79 Å². The SMILES string of the molecule is CCc1cc2cc(OC)ccc2nc1SCC(=O)c1ccc2c(c1)OCCO2. The van der Waals surface area contributed by atoms with E-state index in [2.05, 4.69) is 13.0 Å². The first kappa shape index (κ1) is 18.6. The molecule has 0 N–H and O–H groups in total. The summed E-state index contributed by atoms with van der Waals surface area (Å²) in [5, 5.41) is 1.93. The molecule has 0 fully saturated rings. The molecule has 4 rings (SSSR count). The zero-order valence-corrected chi connectivity index (χ0v) is 16.7. The Morgan fingerprint density at radius 2 is 1.93 bits per heavy atom. The number of benzene rings is 2. The van der Waals surface area contributed by atoms with Crippen LogP contribution in [0.5, 0.6) is 17.2 Å². The highest BCUT2D eigenvalue weighted by molar-refractivity contribution is 8.00. The highest BCUT2D eigenvalue weighted by Gasteiger charge is 2.16. The predicted octanol–water partition coefficient (Wildman–Crippen LogP) is 4.55. The number of ether oxygens (including phenoxy) is 3. The zero-order valence-electron chi connectivity index (χ0n) is 15.9. The van der Waals surface area contributed by atoms with Gasteiger partial charge in [-0.15, -0.1) is 0 Å². The third kappa shape index (κ3) is 3.78. The van der Waals surface area contributed by atoms with E-state index >= 15 is 0 Å². The summed E-state index contributed by atoms with van der Waals surface area (Å²) in [6.07, 6.45) is 0.848. The van der Waals surface area contributed by atoms with Crippen LogP contribution in [0, 0.1) is 0 Å². The molecule has 3 aromatic rings. The highest BCUT2D eigenvalue weighted by Crippen LogP contribution is 2.32. The van der Waals surface area contributed by atoms with Gasteiger partial charge in [-0.05, 0) is 54.4 Å². The Hall–Kier alpha value is -2.73. The molecule has 144 valence electrons. The molecular formula is C22H21NO4S. The first-order valence-corrected chi connectivity index (χ1v) is 10.2. The predicted molar refractivity (Wildman–Crippen MR) is 110 cm³/mol. The fourth-order valence-electron chi connectivity index (χ4n) is 3.12. The smallest absolute Gasteiger partial charge is 0.173 e.